The second-order valence-electron chi connectivity index (χ2n) is 5.05. The standard InChI is InChI=1S/C12H22N2O4/c1-8-2-4-9(5-3-8)6-13-12(18)14-10(7-15)11(16)17/h8-10,15H,2-7H2,1H3,(H,16,17)(H2,13,14,18). The van der Waals surface area contributed by atoms with Crippen LogP contribution >= 0.6 is 0 Å². The maximum atomic E-state index is 11.4. The largest absolute Gasteiger partial charge is 0.480 e. The minimum atomic E-state index is -1.24. The van der Waals surface area contributed by atoms with Crippen molar-refractivity contribution in [2.24, 2.45) is 11.8 Å². The first-order valence-corrected chi connectivity index (χ1v) is 6.41. The Bertz CT molecular complexity index is 288. The van der Waals surface area contributed by atoms with Crippen LogP contribution in [-0.4, -0.2) is 41.4 Å². The van der Waals surface area contributed by atoms with E-state index in [1.165, 1.54) is 12.8 Å². The van der Waals surface area contributed by atoms with Crippen LogP contribution < -0.4 is 10.6 Å². The van der Waals surface area contributed by atoms with E-state index in [2.05, 4.69) is 17.6 Å². The molecular formula is C12H22N2O4. The molecule has 0 heterocycles. The number of amides is 2. The molecule has 1 fully saturated rings. The highest BCUT2D eigenvalue weighted by Crippen LogP contribution is 2.27. The molecule has 0 radical (unpaired) electrons. The first-order valence-electron chi connectivity index (χ1n) is 6.41. The molecule has 0 aliphatic heterocycles. The topological polar surface area (TPSA) is 98.7 Å². The summed E-state index contributed by atoms with van der Waals surface area (Å²) in [5, 5.41) is 22.3. The monoisotopic (exact) mass is 258 g/mol. The fraction of sp³-hybridized carbons (Fsp3) is 0.833. The summed E-state index contributed by atoms with van der Waals surface area (Å²) in [6.07, 6.45) is 4.57. The molecule has 4 N–H and O–H groups in total. The summed E-state index contributed by atoms with van der Waals surface area (Å²) in [5.41, 5.74) is 0. The number of urea groups is 1. The van der Waals surface area contributed by atoms with Crippen LogP contribution in [0.25, 0.3) is 0 Å². The van der Waals surface area contributed by atoms with Crippen LogP contribution in [-0.2, 0) is 4.79 Å². The van der Waals surface area contributed by atoms with Crippen LogP contribution in [0.5, 0.6) is 0 Å². The van der Waals surface area contributed by atoms with Crippen LogP contribution in [0, 0.1) is 11.8 Å². The van der Waals surface area contributed by atoms with E-state index >= 15 is 0 Å². The smallest absolute Gasteiger partial charge is 0.328 e. The van der Waals surface area contributed by atoms with Crippen molar-refractivity contribution in [3.05, 3.63) is 0 Å². The minimum Gasteiger partial charge on any atom is -0.480 e. The molecular weight excluding hydrogens is 236 g/mol. The SMILES string of the molecule is CC1CCC(CNC(=O)NC(CO)C(=O)O)CC1. The number of carboxylic acid groups (broad SMARTS) is 1. The van der Waals surface area contributed by atoms with Crippen molar-refractivity contribution in [2.45, 2.75) is 38.6 Å². The highest BCUT2D eigenvalue weighted by atomic mass is 16.4. The van der Waals surface area contributed by atoms with E-state index in [4.69, 9.17) is 10.2 Å². The Kier molecular flexibility index (Phi) is 5.91. The zero-order chi connectivity index (χ0) is 13.5. The second-order valence-corrected chi connectivity index (χ2v) is 5.05. The Hall–Kier alpha value is -1.30. The average molecular weight is 258 g/mol. The molecule has 1 atom stereocenters. The highest BCUT2D eigenvalue weighted by Gasteiger charge is 2.21. The molecule has 18 heavy (non-hydrogen) atoms. The molecule has 6 nitrogen and oxygen atoms in total. The number of nitrogens with one attached hydrogen (secondary N) is 2. The van der Waals surface area contributed by atoms with Crippen molar-refractivity contribution in [2.75, 3.05) is 13.2 Å². The summed E-state index contributed by atoms with van der Waals surface area (Å²) < 4.78 is 0. The molecule has 1 unspecified atom stereocenters. The summed E-state index contributed by atoms with van der Waals surface area (Å²) in [5.74, 6) is 0.00403. The molecule has 1 aliphatic carbocycles. The zero-order valence-electron chi connectivity index (χ0n) is 10.7. The van der Waals surface area contributed by atoms with Crippen molar-refractivity contribution in [1.82, 2.24) is 10.6 Å². The fourth-order valence-corrected chi connectivity index (χ4v) is 2.17. The van der Waals surface area contributed by atoms with E-state index in [0.717, 1.165) is 18.8 Å². The van der Waals surface area contributed by atoms with Gasteiger partial charge in [-0.25, -0.2) is 9.59 Å². The van der Waals surface area contributed by atoms with Gasteiger partial charge in [-0.15, -0.1) is 0 Å². The number of hydrogen-bond acceptors (Lipinski definition) is 3. The Labute approximate surface area is 107 Å². The number of carboxylic acids is 1. The molecule has 1 saturated carbocycles. The van der Waals surface area contributed by atoms with Gasteiger partial charge in [0.15, 0.2) is 6.04 Å². The highest BCUT2D eigenvalue weighted by molar-refractivity contribution is 5.82. The Morgan fingerprint density at radius 2 is 1.89 bits per heavy atom. The Morgan fingerprint density at radius 3 is 2.39 bits per heavy atom. The molecule has 6 heteroatoms. The van der Waals surface area contributed by atoms with E-state index in [0.29, 0.717) is 12.5 Å². The van der Waals surface area contributed by atoms with Crippen LogP contribution in [0.4, 0.5) is 4.79 Å². The van der Waals surface area contributed by atoms with Gasteiger partial charge in [-0.1, -0.05) is 19.8 Å². The predicted octanol–water partition coefficient (Wildman–Crippen LogP) is 0.557. The first kappa shape index (κ1) is 14.8. The van der Waals surface area contributed by atoms with Gasteiger partial charge in [-0.3, -0.25) is 0 Å². The Balaban J connectivity index is 2.22. The van der Waals surface area contributed by atoms with Crippen LogP contribution in [0.1, 0.15) is 32.6 Å². The lowest BCUT2D eigenvalue weighted by Crippen LogP contribution is -2.48. The quantitative estimate of drug-likeness (QED) is 0.579. The van der Waals surface area contributed by atoms with Crippen molar-refractivity contribution in [3.8, 4) is 0 Å². The number of hydrogen-bond donors (Lipinski definition) is 4. The van der Waals surface area contributed by atoms with Gasteiger partial charge in [0.2, 0.25) is 0 Å². The molecule has 0 aromatic rings. The van der Waals surface area contributed by atoms with Crippen molar-refractivity contribution < 1.29 is 19.8 Å². The summed E-state index contributed by atoms with van der Waals surface area (Å²) in [6, 6.07) is -1.77. The summed E-state index contributed by atoms with van der Waals surface area (Å²) >= 11 is 0. The van der Waals surface area contributed by atoms with E-state index in [1.807, 2.05) is 0 Å². The van der Waals surface area contributed by atoms with E-state index in [9.17, 15) is 9.59 Å². The lowest BCUT2D eigenvalue weighted by Gasteiger charge is -2.26. The lowest BCUT2D eigenvalue weighted by atomic mass is 9.83. The van der Waals surface area contributed by atoms with Gasteiger partial charge in [0, 0.05) is 6.54 Å². The predicted molar refractivity (Wildman–Crippen MR) is 66.2 cm³/mol. The molecule has 1 rings (SSSR count). The number of carbonyl (C=O) groups excluding carboxylic acids is 1. The minimum absolute atomic E-state index is 0.476. The van der Waals surface area contributed by atoms with Crippen molar-refractivity contribution >= 4 is 12.0 Å². The van der Waals surface area contributed by atoms with Gasteiger partial charge >= 0.3 is 12.0 Å². The number of carbonyl (C=O) groups is 2. The molecule has 0 bridgehead atoms. The van der Waals surface area contributed by atoms with Crippen LogP contribution in [0.15, 0.2) is 0 Å². The summed E-state index contributed by atoms with van der Waals surface area (Å²) in [4.78, 5) is 22.0. The Morgan fingerprint density at radius 1 is 1.28 bits per heavy atom. The van der Waals surface area contributed by atoms with Crippen molar-refractivity contribution in [1.29, 1.82) is 0 Å². The van der Waals surface area contributed by atoms with E-state index < -0.39 is 24.6 Å². The molecule has 0 spiro atoms. The molecule has 0 saturated heterocycles. The number of aliphatic carboxylic acids is 1. The third kappa shape index (κ3) is 4.91. The lowest BCUT2D eigenvalue weighted by molar-refractivity contribution is -0.140. The van der Waals surface area contributed by atoms with Gasteiger partial charge in [-0.2, -0.15) is 0 Å². The molecule has 104 valence electrons. The number of aliphatic hydroxyl groups excluding tert-OH is 1. The van der Waals surface area contributed by atoms with Gasteiger partial charge in [0.1, 0.15) is 0 Å². The maximum absolute atomic E-state index is 11.4. The third-order valence-corrected chi connectivity index (χ3v) is 3.47. The normalized spacial score (nSPS) is 25.2. The average Bonchev–Trinajstić information content (AvgIpc) is 2.35. The van der Waals surface area contributed by atoms with E-state index in [-0.39, 0.29) is 0 Å². The number of aliphatic hydroxyl groups is 1. The van der Waals surface area contributed by atoms with E-state index in [1.54, 1.807) is 0 Å². The third-order valence-electron chi connectivity index (χ3n) is 3.47. The summed E-state index contributed by atoms with van der Waals surface area (Å²) in [7, 11) is 0. The molecule has 1 aliphatic rings. The first-order chi connectivity index (χ1) is 8.52. The molecule has 0 aromatic carbocycles. The van der Waals surface area contributed by atoms with Gasteiger partial charge in [0.05, 0.1) is 6.61 Å². The van der Waals surface area contributed by atoms with Crippen molar-refractivity contribution in [3.63, 3.8) is 0 Å². The maximum Gasteiger partial charge on any atom is 0.328 e. The fourth-order valence-electron chi connectivity index (χ4n) is 2.17. The van der Waals surface area contributed by atoms with Gasteiger partial charge in [0.25, 0.3) is 0 Å². The molecule has 0 aromatic heterocycles. The summed E-state index contributed by atoms with van der Waals surface area (Å²) in [6.45, 7) is 2.19. The zero-order valence-corrected chi connectivity index (χ0v) is 10.7. The second kappa shape index (κ2) is 7.20. The van der Waals surface area contributed by atoms with Crippen LogP contribution in [0.3, 0.4) is 0 Å². The molecule has 2 amide bonds. The van der Waals surface area contributed by atoms with Gasteiger partial charge < -0.3 is 20.8 Å². The van der Waals surface area contributed by atoms with Crippen LogP contribution in [0.2, 0.25) is 0 Å². The van der Waals surface area contributed by atoms with Gasteiger partial charge in [-0.05, 0) is 24.7 Å². The number of rotatable bonds is 5.